The number of benzene rings is 2. The smallest absolute Gasteiger partial charge is 0.141 e. The molecule has 1 N–H and O–H groups in total. The number of aromatic nitrogens is 1. The number of allylic oxidation sites excluding steroid dienone is 1. The number of fused-ring (bicyclic) bond motifs is 1. The number of rotatable bonds is 4. The van der Waals surface area contributed by atoms with E-state index < -0.39 is 0 Å². The van der Waals surface area contributed by atoms with E-state index in [1.54, 1.807) is 6.07 Å². The lowest BCUT2D eigenvalue weighted by molar-refractivity contribution is 0.287. The zero-order valence-corrected chi connectivity index (χ0v) is 15.6. The van der Waals surface area contributed by atoms with Crippen LogP contribution in [-0.2, 0) is 6.54 Å². The summed E-state index contributed by atoms with van der Waals surface area (Å²) in [5, 5.41) is 10.9. The normalized spacial score (nSPS) is 15.4. The Hall–Kier alpha value is -2.91. The lowest BCUT2D eigenvalue weighted by Gasteiger charge is -2.25. The van der Waals surface area contributed by atoms with Crippen LogP contribution in [0.2, 0.25) is 0 Å². The molecule has 1 aliphatic rings. The first-order valence-electron chi connectivity index (χ1n) is 9.41. The Morgan fingerprint density at radius 1 is 1.07 bits per heavy atom. The van der Waals surface area contributed by atoms with Gasteiger partial charge in [-0.05, 0) is 42.7 Å². The van der Waals surface area contributed by atoms with Crippen LogP contribution in [0.3, 0.4) is 0 Å². The molecule has 136 valence electrons. The Kier molecular flexibility index (Phi) is 5.03. The molecule has 0 spiro atoms. The minimum Gasteiger partial charge on any atom is -0.506 e. The Bertz CT molecular complexity index is 1020. The molecule has 0 unspecified atom stereocenters. The largest absolute Gasteiger partial charge is 0.506 e. The van der Waals surface area contributed by atoms with Gasteiger partial charge in [-0.15, -0.1) is 0 Å². The Balaban J connectivity index is 1.42. The van der Waals surface area contributed by atoms with Gasteiger partial charge in [-0.3, -0.25) is 4.90 Å². The lowest BCUT2D eigenvalue weighted by atomic mass is 10.1. The third kappa shape index (κ3) is 4.26. The minimum atomic E-state index is 0.228. The van der Waals surface area contributed by atoms with Crippen LogP contribution in [-0.4, -0.2) is 28.1 Å². The highest BCUT2D eigenvalue weighted by molar-refractivity contribution is 5.85. The summed E-state index contributed by atoms with van der Waals surface area (Å²) >= 11 is 0. The summed E-state index contributed by atoms with van der Waals surface area (Å²) in [6.07, 6.45) is 7.53. The van der Waals surface area contributed by atoms with Gasteiger partial charge >= 0.3 is 0 Å². The van der Waals surface area contributed by atoms with Crippen LogP contribution in [0.1, 0.15) is 23.2 Å². The summed E-state index contributed by atoms with van der Waals surface area (Å²) in [6.45, 7) is 5.18. The van der Waals surface area contributed by atoms with Crippen molar-refractivity contribution in [2.75, 3.05) is 13.1 Å². The van der Waals surface area contributed by atoms with Crippen LogP contribution in [0, 0.1) is 6.92 Å². The molecular formula is C24H24N2O. The predicted octanol–water partition coefficient (Wildman–Crippen LogP) is 5.09. The van der Waals surface area contributed by atoms with Gasteiger partial charge in [0.25, 0.3) is 0 Å². The monoisotopic (exact) mass is 356 g/mol. The highest BCUT2D eigenvalue weighted by atomic mass is 16.3. The average Bonchev–Trinajstić information content (AvgIpc) is 2.68. The van der Waals surface area contributed by atoms with Gasteiger partial charge in [0.2, 0.25) is 0 Å². The molecule has 0 saturated heterocycles. The maximum Gasteiger partial charge on any atom is 0.141 e. The first-order valence-corrected chi connectivity index (χ1v) is 9.41. The second kappa shape index (κ2) is 7.77. The predicted molar refractivity (Wildman–Crippen MR) is 112 cm³/mol. The number of para-hydroxylation sites is 1. The molecule has 0 aliphatic carbocycles. The van der Waals surface area contributed by atoms with Crippen molar-refractivity contribution < 1.29 is 5.11 Å². The van der Waals surface area contributed by atoms with E-state index in [4.69, 9.17) is 0 Å². The molecule has 27 heavy (non-hydrogen) atoms. The summed E-state index contributed by atoms with van der Waals surface area (Å²) < 4.78 is 0. The van der Waals surface area contributed by atoms with Crippen molar-refractivity contribution >= 4 is 17.0 Å². The standard InChI is InChI=1S/C24H24N2O/c1-18-4-2-5-20(16-18)17-26-14-12-19(13-15-26)8-10-22-11-9-21-6-3-7-23(27)24(21)25-22/h2-12,16,27H,13-15,17H2,1H3/b10-8+. The van der Waals surface area contributed by atoms with Gasteiger partial charge in [0.15, 0.2) is 0 Å². The first kappa shape index (κ1) is 17.5. The Morgan fingerprint density at radius 2 is 1.96 bits per heavy atom. The van der Waals surface area contributed by atoms with Crippen LogP contribution in [0.15, 0.2) is 72.3 Å². The molecule has 2 aromatic carbocycles. The van der Waals surface area contributed by atoms with Crippen molar-refractivity contribution in [2.24, 2.45) is 0 Å². The number of pyridine rings is 1. The summed E-state index contributed by atoms with van der Waals surface area (Å²) in [5.41, 5.74) is 5.56. The molecule has 2 heterocycles. The summed E-state index contributed by atoms with van der Waals surface area (Å²) in [4.78, 5) is 7.03. The number of phenolic OH excluding ortho intramolecular Hbond substituents is 1. The van der Waals surface area contributed by atoms with Gasteiger partial charge < -0.3 is 5.11 Å². The van der Waals surface area contributed by atoms with Gasteiger partial charge in [0, 0.05) is 25.0 Å². The van der Waals surface area contributed by atoms with Crippen LogP contribution in [0.25, 0.3) is 17.0 Å². The first-order chi connectivity index (χ1) is 13.2. The molecule has 3 heteroatoms. The van der Waals surface area contributed by atoms with Crippen LogP contribution < -0.4 is 0 Å². The van der Waals surface area contributed by atoms with Crippen molar-refractivity contribution in [3.8, 4) is 5.75 Å². The molecule has 0 saturated carbocycles. The number of nitrogens with zero attached hydrogens (tertiary/aromatic N) is 2. The summed E-state index contributed by atoms with van der Waals surface area (Å²) in [7, 11) is 0. The van der Waals surface area contributed by atoms with E-state index >= 15 is 0 Å². The molecule has 3 aromatic rings. The second-order valence-electron chi connectivity index (χ2n) is 7.17. The number of aromatic hydroxyl groups is 1. The van der Waals surface area contributed by atoms with Crippen molar-refractivity contribution in [3.05, 3.63) is 89.1 Å². The molecule has 0 amide bonds. The van der Waals surface area contributed by atoms with Gasteiger partial charge in [0.05, 0.1) is 5.69 Å². The fourth-order valence-corrected chi connectivity index (χ4v) is 3.52. The molecule has 1 aliphatic heterocycles. The maximum absolute atomic E-state index is 9.98. The van der Waals surface area contributed by atoms with E-state index in [2.05, 4.69) is 53.2 Å². The van der Waals surface area contributed by atoms with E-state index in [1.807, 2.05) is 30.3 Å². The second-order valence-corrected chi connectivity index (χ2v) is 7.17. The van der Waals surface area contributed by atoms with Crippen molar-refractivity contribution in [1.29, 1.82) is 0 Å². The van der Waals surface area contributed by atoms with E-state index in [0.717, 1.165) is 37.1 Å². The lowest BCUT2D eigenvalue weighted by Crippen LogP contribution is -2.28. The fraction of sp³-hybridized carbons (Fsp3) is 0.208. The Morgan fingerprint density at radius 3 is 2.78 bits per heavy atom. The van der Waals surface area contributed by atoms with Crippen LogP contribution in [0.5, 0.6) is 5.75 Å². The summed E-state index contributed by atoms with van der Waals surface area (Å²) in [6, 6.07) is 18.2. The number of phenols is 1. The van der Waals surface area contributed by atoms with Crippen molar-refractivity contribution in [3.63, 3.8) is 0 Å². The summed E-state index contributed by atoms with van der Waals surface area (Å²) in [5.74, 6) is 0.228. The van der Waals surface area contributed by atoms with Crippen LogP contribution >= 0.6 is 0 Å². The third-order valence-corrected chi connectivity index (χ3v) is 5.01. The highest BCUT2D eigenvalue weighted by Crippen LogP contribution is 2.23. The molecule has 4 rings (SSSR count). The third-order valence-electron chi connectivity index (χ3n) is 5.01. The quantitative estimate of drug-likeness (QED) is 0.707. The number of hydrogen-bond acceptors (Lipinski definition) is 3. The molecule has 0 radical (unpaired) electrons. The minimum absolute atomic E-state index is 0.228. The van der Waals surface area contributed by atoms with E-state index in [-0.39, 0.29) is 5.75 Å². The van der Waals surface area contributed by atoms with E-state index in [0.29, 0.717) is 5.52 Å². The Labute approximate surface area is 160 Å². The zero-order valence-electron chi connectivity index (χ0n) is 15.6. The van der Waals surface area contributed by atoms with E-state index in [1.165, 1.54) is 16.7 Å². The molecule has 1 aromatic heterocycles. The van der Waals surface area contributed by atoms with Crippen molar-refractivity contribution in [1.82, 2.24) is 9.88 Å². The van der Waals surface area contributed by atoms with Gasteiger partial charge in [0.1, 0.15) is 11.3 Å². The SMILES string of the molecule is Cc1cccc(CN2CC=C(/C=C/c3ccc4cccc(O)c4n3)CC2)c1. The maximum atomic E-state index is 9.98. The number of hydrogen-bond donors (Lipinski definition) is 1. The van der Waals surface area contributed by atoms with Crippen LogP contribution in [0.4, 0.5) is 0 Å². The average molecular weight is 356 g/mol. The zero-order chi connectivity index (χ0) is 18.6. The van der Waals surface area contributed by atoms with Gasteiger partial charge in [-0.25, -0.2) is 4.98 Å². The topological polar surface area (TPSA) is 36.4 Å². The molecule has 0 fully saturated rings. The van der Waals surface area contributed by atoms with Gasteiger partial charge in [-0.1, -0.05) is 60.2 Å². The molecule has 3 nitrogen and oxygen atoms in total. The molecular weight excluding hydrogens is 332 g/mol. The molecule has 0 atom stereocenters. The van der Waals surface area contributed by atoms with Gasteiger partial charge in [-0.2, -0.15) is 0 Å². The highest BCUT2D eigenvalue weighted by Gasteiger charge is 2.10. The number of aryl methyl sites for hydroxylation is 1. The fourth-order valence-electron chi connectivity index (χ4n) is 3.52. The van der Waals surface area contributed by atoms with Crippen molar-refractivity contribution in [2.45, 2.75) is 19.9 Å². The molecule has 0 bridgehead atoms. The van der Waals surface area contributed by atoms with E-state index in [9.17, 15) is 5.11 Å².